The van der Waals surface area contributed by atoms with Crippen molar-refractivity contribution in [3.8, 4) is 0 Å². The number of nitrogens with zero attached hydrogens (tertiary/aromatic N) is 2. The lowest BCUT2D eigenvalue weighted by Crippen LogP contribution is -2.01. The van der Waals surface area contributed by atoms with E-state index < -0.39 is 0 Å². The lowest BCUT2D eigenvalue weighted by molar-refractivity contribution is 0.108. The van der Waals surface area contributed by atoms with Gasteiger partial charge >= 0.3 is 0 Å². The molecule has 2 aromatic heterocycles. The van der Waals surface area contributed by atoms with E-state index in [9.17, 15) is 4.79 Å². The molecule has 2 heterocycles. The van der Waals surface area contributed by atoms with E-state index in [-0.39, 0.29) is 5.12 Å². The number of thiophene rings is 1. The molecular weight excluding hydrogens is 406 g/mol. The minimum Gasteiger partial charge on any atom is -0.382 e. The van der Waals surface area contributed by atoms with Crippen LogP contribution in [0.5, 0.6) is 0 Å². The molecule has 0 saturated heterocycles. The molecule has 2 N–H and O–H groups in total. The summed E-state index contributed by atoms with van der Waals surface area (Å²) in [5.74, 6) is 1.59. The van der Waals surface area contributed by atoms with Gasteiger partial charge in [-0.2, -0.15) is 0 Å². The number of nitrogen functional groups attached to an aromatic ring is 1. The zero-order chi connectivity index (χ0) is 16.7. The molecule has 1 aromatic carbocycles. The summed E-state index contributed by atoms with van der Waals surface area (Å²) in [5.41, 5.74) is 9.11. The van der Waals surface area contributed by atoms with Crippen LogP contribution in [0.15, 0.2) is 28.7 Å². The quantitative estimate of drug-likeness (QED) is 0.671. The lowest BCUT2D eigenvalue weighted by atomic mass is 10.2. The maximum absolute atomic E-state index is 12.3. The number of rotatable bonds is 3. The summed E-state index contributed by atoms with van der Waals surface area (Å²) in [6, 6.07) is 7.35. The molecule has 0 spiro atoms. The van der Waals surface area contributed by atoms with Crippen molar-refractivity contribution in [2.45, 2.75) is 25.0 Å². The van der Waals surface area contributed by atoms with Crippen molar-refractivity contribution in [3.05, 3.63) is 50.6 Å². The summed E-state index contributed by atoms with van der Waals surface area (Å²) in [7, 11) is 0. The number of benzene rings is 1. The second-order valence-corrected chi connectivity index (χ2v) is 8.61. The van der Waals surface area contributed by atoms with Crippen LogP contribution >= 0.6 is 39.0 Å². The minimum absolute atomic E-state index is 0.0142. The largest absolute Gasteiger partial charge is 0.382 e. The fraction of sp³-hybridized carbons (Fsp3) is 0.235. The number of nitrogens with two attached hydrogens (primary N) is 1. The van der Waals surface area contributed by atoms with Gasteiger partial charge in [0, 0.05) is 14.9 Å². The smallest absolute Gasteiger partial charge is 0.219 e. The van der Waals surface area contributed by atoms with E-state index in [1.165, 1.54) is 28.6 Å². The Morgan fingerprint density at radius 3 is 2.83 bits per heavy atom. The molecular formula is C17H14BrN3OS2. The van der Waals surface area contributed by atoms with Crippen LogP contribution in [0.2, 0.25) is 0 Å². The Hall–Kier alpha value is -1.44. The van der Waals surface area contributed by atoms with Crippen LogP contribution in [-0.4, -0.2) is 15.1 Å². The highest BCUT2D eigenvalue weighted by Gasteiger charge is 2.21. The Bertz CT molecular complexity index is 937. The van der Waals surface area contributed by atoms with Crippen LogP contribution in [0.25, 0.3) is 10.2 Å². The lowest BCUT2D eigenvalue weighted by Gasteiger charge is -2.04. The molecule has 0 atom stereocenters. The number of aryl methyl sites for hydroxylation is 2. The number of thioether (sulfide) groups is 1. The number of carbonyl (C=O) groups is 1. The first-order valence-corrected chi connectivity index (χ1v) is 10.2. The number of hydrogen-bond donors (Lipinski definition) is 1. The van der Waals surface area contributed by atoms with Crippen LogP contribution in [-0.2, 0) is 18.6 Å². The monoisotopic (exact) mass is 419 g/mol. The average molecular weight is 420 g/mol. The Morgan fingerprint density at radius 1 is 1.25 bits per heavy atom. The van der Waals surface area contributed by atoms with Crippen molar-refractivity contribution >= 4 is 60.2 Å². The van der Waals surface area contributed by atoms with Crippen LogP contribution < -0.4 is 5.73 Å². The molecule has 0 radical (unpaired) electrons. The van der Waals surface area contributed by atoms with Crippen LogP contribution in [0.1, 0.15) is 33.0 Å². The van der Waals surface area contributed by atoms with Crippen molar-refractivity contribution in [2.24, 2.45) is 0 Å². The van der Waals surface area contributed by atoms with Crippen molar-refractivity contribution in [1.82, 2.24) is 9.97 Å². The van der Waals surface area contributed by atoms with Crippen LogP contribution in [0, 0.1) is 0 Å². The van der Waals surface area contributed by atoms with Gasteiger partial charge in [-0.15, -0.1) is 11.3 Å². The van der Waals surface area contributed by atoms with Crippen molar-refractivity contribution in [1.29, 1.82) is 0 Å². The van der Waals surface area contributed by atoms with Gasteiger partial charge in [0.1, 0.15) is 11.6 Å². The second-order valence-electron chi connectivity index (χ2n) is 5.64. The number of aromatic nitrogens is 2. The SMILES string of the molecule is Nc1nc(CSC(=O)c2ccc(Br)cc2)nc2c3c(sc12)CCC3. The molecule has 1 aliphatic carbocycles. The summed E-state index contributed by atoms with van der Waals surface area (Å²) >= 11 is 6.30. The molecule has 0 fully saturated rings. The summed E-state index contributed by atoms with van der Waals surface area (Å²) in [4.78, 5) is 22.7. The molecule has 122 valence electrons. The highest BCUT2D eigenvalue weighted by atomic mass is 79.9. The summed E-state index contributed by atoms with van der Waals surface area (Å²) in [5, 5.41) is 0.0142. The average Bonchev–Trinajstić information content (AvgIpc) is 3.15. The standard InChI is InChI=1S/C17H14BrN3OS2/c18-10-6-4-9(5-7-10)17(22)23-8-13-20-14-11-2-1-3-12(11)24-15(14)16(19)21-13/h4-7H,1-3,8H2,(H2,19,20,21). The summed E-state index contributed by atoms with van der Waals surface area (Å²) in [6.07, 6.45) is 3.37. The third-order valence-electron chi connectivity index (χ3n) is 4.03. The first-order valence-electron chi connectivity index (χ1n) is 7.61. The maximum atomic E-state index is 12.3. The molecule has 0 unspecified atom stereocenters. The fourth-order valence-corrected chi connectivity index (χ4v) is 5.07. The van der Waals surface area contributed by atoms with Gasteiger partial charge in [0.05, 0.1) is 16.0 Å². The zero-order valence-electron chi connectivity index (χ0n) is 12.7. The number of fused-ring (bicyclic) bond motifs is 3. The van der Waals surface area contributed by atoms with Gasteiger partial charge in [0.2, 0.25) is 5.12 Å². The van der Waals surface area contributed by atoms with Gasteiger partial charge < -0.3 is 5.73 Å². The maximum Gasteiger partial charge on any atom is 0.219 e. The molecule has 0 aliphatic heterocycles. The predicted molar refractivity (Wildman–Crippen MR) is 104 cm³/mol. The highest BCUT2D eigenvalue weighted by Crippen LogP contribution is 2.38. The summed E-state index contributed by atoms with van der Waals surface area (Å²) < 4.78 is 1.95. The molecule has 0 bridgehead atoms. The number of anilines is 1. The van der Waals surface area contributed by atoms with E-state index in [1.54, 1.807) is 11.3 Å². The Balaban J connectivity index is 1.56. The molecule has 4 nitrogen and oxygen atoms in total. The Kier molecular flexibility index (Phi) is 4.32. The Morgan fingerprint density at radius 2 is 2.04 bits per heavy atom. The third-order valence-corrected chi connectivity index (χ3v) is 6.76. The number of hydrogen-bond acceptors (Lipinski definition) is 6. The normalized spacial score (nSPS) is 13.4. The highest BCUT2D eigenvalue weighted by molar-refractivity contribution is 9.10. The molecule has 0 saturated carbocycles. The predicted octanol–water partition coefficient (Wildman–Crippen LogP) is 4.60. The molecule has 0 amide bonds. The zero-order valence-corrected chi connectivity index (χ0v) is 15.9. The van der Waals surface area contributed by atoms with E-state index in [2.05, 4.69) is 25.9 Å². The van der Waals surface area contributed by atoms with Gasteiger partial charge in [-0.3, -0.25) is 4.79 Å². The van der Waals surface area contributed by atoms with Crippen LogP contribution in [0.4, 0.5) is 5.82 Å². The van der Waals surface area contributed by atoms with E-state index in [1.807, 2.05) is 24.3 Å². The van der Waals surface area contributed by atoms with Crippen molar-refractivity contribution < 1.29 is 4.79 Å². The van der Waals surface area contributed by atoms with E-state index in [0.717, 1.165) is 27.5 Å². The number of carbonyl (C=O) groups excluding carboxylic acids is 1. The third kappa shape index (κ3) is 2.96. The molecule has 7 heteroatoms. The fourth-order valence-electron chi connectivity index (χ4n) is 2.89. The molecule has 24 heavy (non-hydrogen) atoms. The van der Waals surface area contributed by atoms with Gasteiger partial charge in [0.25, 0.3) is 0 Å². The van der Waals surface area contributed by atoms with Crippen LogP contribution in [0.3, 0.4) is 0 Å². The Labute approximate surface area is 156 Å². The van der Waals surface area contributed by atoms with E-state index in [0.29, 0.717) is 23.0 Å². The summed E-state index contributed by atoms with van der Waals surface area (Å²) in [6.45, 7) is 0. The molecule has 3 aromatic rings. The topological polar surface area (TPSA) is 68.9 Å². The van der Waals surface area contributed by atoms with Gasteiger partial charge in [-0.05, 0) is 49.1 Å². The van der Waals surface area contributed by atoms with Crippen molar-refractivity contribution in [2.75, 3.05) is 5.73 Å². The first kappa shape index (κ1) is 16.1. The second kappa shape index (κ2) is 6.46. The molecule has 4 rings (SSSR count). The van der Waals surface area contributed by atoms with Gasteiger partial charge in [-0.25, -0.2) is 9.97 Å². The van der Waals surface area contributed by atoms with Gasteiger partial charge in [0.15, 0.2) is 0 Å². The van der Waals surface area contributed by atoms with E-state index in [4.69, 9.17) is 5.73 Å². The first-order chi connectivity index (χ1) is 11.6. The van der Waals surface area contributed by atoms with Gasteiger partial charge in [-0.1, -0.05) is 27.7 Å². The van der Waals surface area contributed by atoms with Crippen molar-refractivity contribution in [3.63, 3.8) is 0 Å². The van der Waals surface area contributed by atoms with E-state index >= 15 is 0 Å². The minimum atomic E-state index is 0.0142. The number of halogens is 1. The molecule has 1 aliphatic rings.